The number of aryl methyl sites for hydroxylation is 1. The van der Waals surface area contributed by atoms with E-state index in [1.165, 1.54) is 0 Å². The molecule has 4 aromatic heterocycles. The standard InChI is InChI=1S/C24H17Cl3N8O/c25-14-2-4-17(34-11-19(26)32-33-34)16(9-14)13-7-15-3-5-18(35(15)21(36)8-13)24-30-22(23(27)31-24)12-1-6-20(28)29-10-12/h1-2,4,6-11,18H,3,5H2,(H2,28,29)(H,30,31)/t18-/m0/s1. The van der Waals surface area contributed by atoms with Crippen molar-refractivity contribution >= 4 is 40.6 Å². The quantitative estimate of drug-likeness (QED) is 0.333. The first-order valence-electron chi connectivity index (χ1n) is 11.0. The van der Waals surface area contributed by atoms with Crippen molar-refractivity contribution in [3.8, 4) is 28.1 Å². The predicted molar refractivity (Wildman–Crippen MR) is 139 cm³/mol. The van der Waals surface area contributed by atoms with Crippen LogP contribution in [0.5, 0.6) is 0 Å². The summed E-state index contributed by atoms with van der Waals surface area (Å²) in [6.07, 6.45) is 4.61. The lowest BCUT2D eigenvalue weighted by Crippen LogP contribution is -2.24. The number of halogens is 3. The van der Waals surface area contributed by atoms with Crippen molar-refractivity contribution in [2.75, 3.05) is 5.73 Å². The number of rotatable bonds is 4. The van der Waals surface area contributed by atoms with Gasteiger partial charge in [-0.05, 0) is 54.8 Å². The summed E-state index contributed by atoms with van der Waals surface area (Å²) in [5.74, 6) is 1.03. The maximum Gasteiger partial charge on any atom is 0.252 e. The summed E-state index contributed by atoms with van der Waals surface area (Å²) in [6.45, 7) is 0. The normalized spacial score (nSPS) is 14.8. The number of H-pyrrole nitrogens is 1. The molecule has 0 spiro atoms. The SMILES string of the molecule is Nc1ccc(-c2[nH]c([C@@H]3CCc4cc(-c5cc(Cl)ccc5-n5cc(Cl)nn5)cc(=O)n43)nc2Cl)cn1. The van der Waals surface area contributed by atoms with Gasteiger partial charge in [-0.15, -0.1) is 5.10 Å². The van der Waals surface area contributed by atoms with Gasteiger partial charge in [0.2, 0.25) is 0 Å². The number of aromatic amines is 1. The van der Waals surface area contributed by atoms with Crippen LogP contribution in [0.25, 0.3) is 28.1 Å². The second-order valence-electron chi connectivity index (χ2n) is 8.40. The molecule has 0 bridgehead atoms. The van der Waals surface area contributed by atoms with E-state index in [4.69, 9.17) is 40.5 Å². The Hall–Kier alpha value is -3.66. The van der Waals surface area contributed by atoms with Gasteiger partial charge in [0.05, 0.1) is 23.6 Å². The van der Waals surface area contributed by atoms with E-state index >= 15 is 0 Å². The highest BCUT2D eigenvalue weighted by Gasteiger charge is 2.29. The number of pyridine rings is 2. The van der Waals surface area contributed by atoms with Crippen LogP contribution in [0.2, 0.25) is 15.3 Å². The van der Waals surface area contributed by atoms with Crippen molar-refractivity contribution in [3.05, 3.63) is 92.1 Å². The lowest BCUT2D eigenvalue weighted by molar-refractivity contribution is 0.572. The lowest BCUT2D eigenvalue weighted by atomic mass is 10.0. The Labute approximate surface area is 219 Å². The van der Waals surface area contributed by atoms with Crippen LogP contribution < -0.4 is 11.3 Å². The zero-order chi connectivity index (χ0) is 25.0. The van der Waals surface area contributed by atoms with Gasteiger partial charge in [0.1, 0.15) is 11.6 Å². The number of benzene rings is 1. The number of nitrogen functional groups attached to an aromatic ring is 1. The number of nitrogens with one attached hydrogen (secondary N) is 1. The molecule has 180 valence electrons. The number of aromatic nitrogens is 7. The Bertz CT molecular complexity index is 1670. The fraction of sp³-hybridized carbons (Fsp3) is 0.125. The number of nitrogens with zero attached hydrogens (tertiary/aromatic N) is 6. The molecular formula is C24H17Cl3N8O. The first-order chi connectivity index (χ1) is 17.4. The molecular weight excluding hydrogens is 523 g/mol. The zero-order valence-electron chi connectivity index (χ0n) is 18.5. The van der Waals surface area contributed by atoms with Crippen LogP contribution in [-0.2, 0) is 6.42 Å². The van der Waals surface area contributed by atoms with Crippen molar-refractivity contribution in [1.82, 2.24) is 34.5 Å². The minimum atomic E-state index is -0.275. The molecule has 1 aliphatic heterocycles. The number of imidazole rings is 1. The minimum absolute atomic E-state index is 0.157. The average Bonchev–Trinajstić information content (AvgIpc) is 3.58. The van der Waals surface area contributed by atoms with Gasteiger partial charge in [0.25, 0.3) is 5.56 Å². The third-order valence-corrected chi connectivity index (χ3v) is 6.87. The Balaban J connectivity index is 1.40. The molecule has 0 radical (unpaired) electrons. The van der Waals surface area contributed by atoms with Gasteiger partial charge in [0, 0.05) is 34.1 Å². The first kappa shape index (κ1) is 22.8. The van der Waals surface area contributed by atoms with Crippen LogP contribution in [0.1, 0.15) is 24.0 Å². The van der Waals surface area contributed by atoms with Gasteiger partial charge in [-0.2, -0.15) is 0 Å². The fourth-order valence-corrected chi connectivity index (χ4v) is 5.13. The number of hydrogen-bond donors (Lipinski definition) is 2. The fourth-order valence-electron chi connectivity index (χ4n) is 4.58. The van der Waals surface area contributed by atoms with Crippen molar-refractivity contribution < 1.29 is 0 Å². The van der Waals surface area contributed by atoms with Crippen LogP contribution in [0, 0.1) is 0 Å². The summed E-state index contributed by atoms with van der Waals surface area (Å²) in [7, 11) is 0. The van der Waals surface area contributed by atoms with Gasteiger partial charge in [-0.25, -0.2) is 14.6 Å². The molecule has 6 rings (SSSR count). The monoisotopic (exact) mass is 538 g/mol. The Morgan fingerprint density at radius 2 is 1.92 bits per heavy atom. The molecule has 0 unspecified atom stereocenters. The Kier molecular flexibility index (Phi) is 5.55. The van der Waals surface area contributed by atoms with E-state index in [1.54, 1.807) is 45.9 Å². The molecule has 5 aromatic rings. The highest BCUT2D eigenvalue weighted by molar-refractivity contribution is 6.32. The minimum Gasteiger partial charge on any atom is -0.384 e. The lowest BCUT2D eigenvalue weighted by Gasteiger charge is -2.15. The van der Waals surface area contributed by atoms with E-state index in [9.17, 15) is 4.79 Å². The van der Waals surface area contributed by atoms with Gasteiger partial charge >= 0.3 is 0 Å². The summed E-state index contributed by atoms with van der Waals surface area (Å²) in [5, 5.41) is 9.02. The predicted octanol–water partition coefficient (Wildman–Crippen LogP) is 4.96. The molecule has 36 heavy (non-hydrogen) atoms. The van der Waals surface area contributed by atoms with Crippen LogP contribution >= 0.6 is 34.8 Å². The van der Waals surface area contributed by atoms with E-state index in [1.807, 2.05) is 18.2 Å². The molecule has 0 fully saturated rings. The molecule has 0 saturated carbocycles. The number of nitrogens with two attached hydrogens (primary N) is 1. The highest BCUT2D eigenvalue weighted by atomic mass is 35.5. The van der Waals surface area contributed by atoms with Crippen molar-refractivity contribution in [2.45, 2.75) is 18.9 Å². The summed E-state index contributed by atoms with van der Waals surface area (Å²) in [5.41, 5.74) is 9.98. The molecule has 0 aliphatic carbocycles. The van der Waals surface area contributed by atoms with E-state index in [-0.39, 0.29) is 16.8 Å². The maximum absolute atomic E-state index is 13.4. The number of anilines is 1. The Morgan fingerprint density at radius 3 is 2.67 bits per heavy atom. The first-order valence-corrected chi connectivity index (χ1v) is 12.1. The molecule has 1 aromatic carbocycles. The third kappa shape index (κ3) is 3.95. The third-order valence-electron chi connectivity index (χ3n) is 6.18. The average molecular weight is 540 g/mol. The smallest absolute Gasteiger partial charge is 0.252 e. The van der Waals surface area contributed by atoms with E-state index in [0.717, 1.165) is 22.4 Å². The maximum atomic E-state index is 13.4. The molecule has 1 atom stereocenters. The second kappa shape index (κ2) is 8.77. The Morgan fingerprint density at radius 1 is 1.06 bits per heavy atom. The number of hydrogen-bond acceptors (Lipinski definition) is 6. The van der Waals surface area contributed by atoms with Gasteiger partial charge < -0.3 is 15.3 Å². The molecule has 0 amide bonds. The van der Waals surface area contributed by atoms with E-state index in [2.05, 4.69) is 25.3 Å². The second-order valence-corrected chi connectivity index (χ2v) is 9.59. The molecule has 5 heterocycles. The van der Waals surface area contributed by atoms with E-state index in [0.29, 0.717) is 46.0 Å². The highest BCUT2D eigenvalue weighted by Crippen LogP contribution is 2.36. The topological polar surface area (TPSA) is 120 Å². The molecule has 9 nitrogen and oxygen atoms in total. The van der Waals surface area contributed by atoms with Crippen LogP contribution in [0.4, 0.5) is 5.82 Å². The van der Waals surface area contributed by atoms with Gasteiger partial charge in [-0.1, -0.05) is 40.0 Å². The van der Waals surface area contributed by atoms with Gasteiger partial charge in [0.15, 0.2) is 10.3 Å². The van der Waals surface area contributed by atoms with Gasteiger partial charge in [-0.3, -0.25) is 4.79 Å². The van der Waals surface area contributed by atoms with E-state index < -0.39 is 0 Å². The molecule has 3 N–H and O–H groups in total. The summed E-state index contributed by atoms with van der Waals surface area (Å²) in [4.78, 5) is 25.3. The zero-order valence-corrected chi connectivity index (χ0v) is 20.8. The van der Waals surface area contributed by atoms with Crippen molar-refractivity contribution in [2.24, 2.45) is 0 Å². The van der Waals surface area contributed by atoms with Crippen molar-refractivity contribution in [1.29, 1.82) is 0 Å². The molecule has 12 heteroatoms. The largest absolute Gasteiger partial charge is 0.384 e. The summed E-state index contributed by atoms with van der Waals surface area (Å²) in [6, 6.07) is 12.2. The van der Waals surface area contributed by atoms with Crippen LogP contribution in [0.15, 0.2) is 59.7 Å². The van der Waals surface area contributed by atoms with Crippen LogP contribution in [0.3, 0.4) is 0 Å². The summed E-state index contributed by atoms with van der Waals surface area (Å²) < 4.78 is 3.31. The van der Waals surface area contributed by atoms with Crippen molar-refractivity contribution in [3.63, 3.8) is 0 Å². The summed E-state index contributed by atoms with van der Waals surface area (Å²) >= 11 is 18.7. The number of fused-ring (bicyclic) bond motifs is 1. The molecule has 0 saturated heterocycles. The van der Waals surface area contributed by atoms with Crippen LogP contribution in [-0.4, -0.2) is 34.5 Å². The molecule has 1 aliphatic rings.